The number of aryl methyl sites for hydroxylation is 1. The Balaban J connectivity index is 1.63. The van der Waals surface area contributed by atoms with E-state index in [0.717, 1.165) is 15.7 Å². The fraction of sp³-hybridized carbons (Fsp3) is 0.0476. The summed E-state index contributed by atoms with van der Waals surface area (Å²) in [6, 6.07) is 18.1. The third-order valence-corrected chi connectivity index (χ3v) is 5.60. The van der Waals surface area contributed by atoms with Gasteiger partial charge in [-0.15, -0.1) is 0 Å². The minimum absolute atomic E-state index is 0.205. The molecule has 5 nitrogen and oxygen atoms in total. The normalized spacial score (nSPS) is 10.9. The second kappa shape index (κ2) is 8.06. The molecule has 0 aliphatic carbocycles. The number of benzene rings is 3. The van der Waals surface area contributed by atoms with Crippen molar-refractivity contribution in [1.29, 1.82) is 0 Å². The molecular weight excluding hydrogens is 475 g/mol. The van der Waals surface area contributed by atoms with Crippen LogP contribution in [0.1, 0.15) is 10.4 Å². The molecule has 4 rings (SSSR count). The highest BCUT2D eigenvalue weighted by atomic mass is 79.9. The van der Waals surface area contributed by atoms with Crippen LogP contribution in [0.4, 0.5) is 17.3 Å². The number of aromatic nitrogens is 2. The number of amides is 1. The quantitative estimate of drug-likeness (QED) is 0.337. The first kappa shape index (κ1) is 19.8. The van der Waals surface area contributed by atoms with Crippen LogP contribution in [-0.2, 0) is 7.05 Å². The molecule has 0 atom stereocenters. The number of halogens is 3. The summed E-state index contributed by atoms with van der Waals surface area (Å²) < 4.78 is 2.83. The second-order valence-electron chi connectivity index (χ2n) is 6.38. The Bertz CT molecular complexity index is 1200. The van der Waals surface area contributed by atoms with Crippen LogP contribution in [-0.4, -0.2) is 15.5 Å². The van der Waals surface area contributed by atoms with Crippen molar-refractivity contribution in [3.63, 3.8) is 0 Å². The molecular formula is C21H15BrCl2N4O. The summed E-state index contributed by atoms with van der Waals surface area (Å²) in [5.74, 6) is 0.365. The molecule has 0 saturated heterocycles. The van der Waals surface area contributed by atoms with Gasteiger partial charge in [0.15, 0.2) is 0 Å². The summed E-state index contributed by atoms with van der Waals surface area (Å²) in [5.41, 5.74) is 3.37. The number of imidazole rings is 1. The molecule has 1 aromatic heterocycles. The van der Waals surface area contributed by atoms with Crippen LogP contribution in [0.15, 0.2) is 65.1 Å². The van der Waals surface area contributed by atoms with Gasteiger partial charge >= 0.3 is 0 Å². The van der Waals surface area contributed by atoms with Gasteiger partial charge in [-0.1, -0.05) is 45.2 Å². The number of anilines is 3. The molecule has 0 spiro atoms. The van der Waals surface area contributed by atoms with Crippen LogP contribution in [0.2, 0.25) is 10.0 Å². The second-order valence-corrected chi connectivity index (χ2v) is 8.11. The van der Waals surface area contributed by atoms with E-state index in [-0.39, 0.29) is 5.91 Å². The number of carbonyl (C=O) groups excluding carboxylic acids is 1. The largest absolute Gasteiger partial charge is 0.323 e. The van der Waals surface area contributed by atoms with Gasteiger partial charge in [0.25, 0.3) is 5.91 Å². The predicted molar refractivity (Wildman–Crippen MR) is 123 cm³/mol. The lowest BCUT2D eigenvalue weighted by Crippen LogP contribution is -2.11. The van der Waals surface area contributed by atoms with Crippen LogP contribution in [0.25, 0.3) is 11.0 Å². The smallest absolute Gasteiger partial charge is 0.255 e. The van der Waals surface area contributed by atoms with E-state index >= 15 is 0 Å². The zero-order valence-corrected chi connectivity index (χ0v) is 18.3. The predicted octanol–water partition coefficient (Wildman–Crippen LogP) is 6.64. The molecule has 146 valence electrons. The average Bonchev–Trinajstić information content (AvgIpc) is 3.01. The number of nitrogens with one attached hydrogen (secondary N) is 2. The molecule has 0 aliphatic rings. The standard InChI is InChI=1S/C21H15BrCl2N4O/c1-28-18-10-5-12(20(29)25-14-8-6-13(22)7-9-14)11-17(18)26-21(28)27-19-15(23)3-2-4-16(19)24/h2-11H,1H3,(H,25,29)(H,26,27). The van der Waals surface area contributed by atoms with Crippen molar-refractivity contribution >= 4 is 73.4 Å². The fourth-order valence-corrected chi connectivity index (χ4v) is 3.67. The molecule has 0 radical (unpaired) electrons. The first-order valence-electron chi connectivity index (χ1n) is 8.67. The van der Waals surface area contributed by atoms with Gasteiger partial charge in [0.05, 0.1) is 26.8 Å². The summed E-state index contributed by atoms with van der Waals surface area (Å²) in [4.78, 5) is 17.2. The van der Waals surface area contributed by atoms with E-state index in [0.29, 0.717) is 32.8 Å². The van der Waals surface area contributed by atoms with Gasteiger partial charge in [-0.05, 0) is 54.6 Å². The van der Waals surface area contributed by atoms with E-state index < -0.39 is 0 Å². The highest BCUT2D eigenvalue weighted by Gasteiger charge is 2.14. The fourth-order valence-electron chi connectivity index (χ4n) is 2.92. The Hall–Kier alpha value is -2.54. The van der Waals surface area contributed by atoms with E-state index in [1.807, 2.05) is 41.9 Å². The van der Waals surface area contributed by atoms with Crippen molar-refractivity contribution in [2.45, 2.75) is 0 Å². The lowest BCUT2D eigenvalue weighted by Gasteiger charge is -2.09. The SMILES string of the molecule is Cn1c(Nc2c(Cl)cccc2Cl)nc2cc(C(=O)Nc3ccc(Br)cc3)ccc21. The number of fused-ring (bicyclic) bond motifs is 1. The summed E-state index contributed by atoms with van der Waals surface area (Å²) in [6.07, 6.45) is 0. The monoisotopic (exact) mass is 488 g/mol. The first-order valence-corrected chi connectivity index (χ1v) is 10.2. The molecule has 3 aromatic carbocycles. The number of hydrogen-bond donors (Lipinski definition) is 2. The Morgan fingerprint density at radius 2 is 1.72 bits per heavy atom. The van der Waals surface area contributed by atoms with Crippen LogP contribution >= 0.6 is 39.1 Å². The maximum absolute atomic E-state index is 12.6. The zero-order valence-electron chi connectivity index (χ0n) is 15.2. The molecule has 0 saturated carbocycles. The molecule has 4 aromatic rings. The maximum Gasteiger partial charge on any atom is 0.255 e. The Morgan fingerprint density at radius 3 is 2.41 bits per heavy atom. The molecule has 0 bridgehead atoms. The minimum atomic E-state index is -0.205. The topological polar surface area (TPSA) is 59.0 Å². The Kier molecular flexibility index (Phi) is 5.50. The van der Waals surface area contributed by atoms with Gasteiger partial charge in [0.2, 0.25) is 5.95 Å². The lowest BCUT2D eigenvalue weighted by molar-refractivity contribution is 0.102. The van der Waals surface area contributed by atoms with E-state index in [4.69, 9.17) is 23.2 Å². The van der Waals surface area contributed by atoms with Gasteiger partial charge in [0, 0.05) is 22.8 Å². The number of para-hydroxylation sites is 1. The molecule has 1 amide bonds. The summed E-state index contributed by atoms with van der Waals surface area (Å²) >= 11 is 15.9. The van der Waals surface area contributed by atoms with E-state index in [1.165, 1.54) is 0 Å². The summed E-state index contributed by atoms with van der Waals surface area (Å²) in [5, 5.41) is 7.05. The van der Waals surface area contributed by atoms with Crippen LogP contribution in [0.5, 0.6) is 0 Å². The van der Waals surface area contributed by atoms with E-state index in [2.05, 4.69) is 31.5 Å². The van der Waals surface area contributed by atoms with Crippen molar-refractivity contribution in [2.24, 2.45) is 7.05 Å². The molecule has 1 heterocycles. The van der Waals surface area contributed by atoms with Crippen molar-refractivity contribution in [3.05, 3.63) is 80.7 Å². The van der Waals surface area contributed by atoms with Gasteiger partial charge in [0.1, 0.15) is 0 Å². The zero-order chi connectivity index (χ0) is 20.5. The van der Waals surface area contributed by atoms with E-state index in [9.17, 15) is 4.79 Å². The summed E-state index contributed by atoms with van der Waals surface area (Å²) in [6.45, 7) is 0. The number of rotatable bonds is 4. The van der Waals surface area contributed by atoms with Gasteiger partial charge < -0.3 is 15.2 Å². The Morgan fingerprint density at radius 1 is 1.03 bits per heavy atom. The first-order chi connectivity index (χ1) is 13.9. The average molecular weight is 490 g/mol. The van der Waals surface area contributed by atoms with Crippen molar-refractivity contribution in [2.75, 3.05) is 10.6 Å². The van der Waals surface area contributed by atoms with Crippen molar-refractivity contribution in [3.8, 4) is 0 Å². The number of hydrogen-bond acceptors (Lipinski definition) is 3. The third kappa shape index (κ3) is 4.10. The van der Waals surface area contributed by atoms with Crippen LogP contribution in [0, 0.1) is 0 Å². The third-order valence-electron chi connectivity index (χ3n) is 4.44. The van der Waals surface area contributed by atoms with Gasteiger partial charge in [-0.25, -0.2) is 4.98 Å². The minimum Gasteiger partial charge on any atom is -0.323 e. The molecule has 2 N–H and O–H groups in total. The summed E-state index contributed by atoms with van der Waals surface area (Å²) in [7, 11) is 1.88. The maximum atomic E-state index is 12.6. The van der Waals surface area contributed by atoms with Gasteiger partial charge in [-0.2, -0.15) is 0 Å². The highest BCUT2D eigenvalue weighted by Crippen LogP contribution is 2.33. The molecule has 0 fully saturated rings. The van der Waals surface area contributed by atoms with Crippen LogP contribution < -0.4 is 10.6 Å². The Labute approximate surface area is 185 Å². The number of nitrogens with zero attached hydrogens (tertiary/aromatic N) is 2. The van der Waals surface area contributed by atoms with E-state index in [1.54, 1.807) is 30.3 Å². The molecule has 8 heteroatoms. The van der Waals surface area contributed by atoms with Gasteiger partial charge in [-0.3, -0.25) is 4.79 Å². The van der Waals surface area contributed by atoms with Crippen LogP contribution in [0.3, 0.4) is 0 Å². The van der Waals surface area contributed by atoms with Crippen molar-refractivity contribution in [1.82, 2.24) is 9.55 Å². The molecule has 0 unspecified atom stereocenters. The number of carbonyl (C=O) groups is 1. The highest BCUT2D eigenvalue weighted by molar-refractivity contribution is 9.10. The lowest BCUT2D eigenvalue weighted by atomic mass is 10.2. The molecule has 29 heavy (non-hydrogen) atoms. The van der Waals surface area contributed by atoms with Crippen molar-refractivity contribution < 1.29 is 4.79 Å². The molecule has 0 aliphatic heterocycles.